The van der Waals surface area contributed by atoms with Crippen molar-refractivity contribution in [3.05, 3.63) is 64.0 Å². The first-order valence-electron chi connectivity index (χ1n) is 10.5. The van der Waals surface area contributed by atoms with E-state index in [0.717, 1.165) is 18.5 Å². The van der Waals surface area contributed by atoms with Gasteiger partial charge < -0.3 is 19.7 Å². The summed E-state index contributed by atoms with van der Waals surface area (Å²) >= 11 is 0. The van der Waals surface area contributed by atoms with Crippen LogP contribution in [0.1, 0.15) is 41.9 Å². The Morgan fingerprint density at radius 3 is 2.61 bits per heavy atom. The molecule has 0 bridgehead atoms. The predicted octanol–water partition coefficient (Wildman–Crippen LogP) is 3.39. The maximum Gasteiger partial charge on any atom is 0.293 e. The summed E-state index contributed by atoms with van der Waals surface area (Å²) in [6.45, 7) is 4.28. The molecule has 4 rings (SSSR count). The van der Waals surface area contributed by atoms with E-state index in [2.05, 4.69) is 10.3 Å². The third-order valence-corrected chi connectivity index (χ3v) is 5.80. The van der Waals surface area contributed by atoms with Crippen LogP contribution in [0.5, 0.6) is 0 Å². The molecule has 1 aromatic heterocycles. The molecule has 31 heavy (non-hydrogen) atoms. The summed E-state index contributed by atoms with van der Waals surface area (Å²) in [6.07, 6.45) is 3.09. The van der Waals surface area contributed by atoms with Crippen molar-refractivity contribution in [3.8, 4) is 0 Å². The van der Waals surface area contributed by atoms with E-state index in [4.69, 9.17) is 9.47 Å². The van der Waals surface area contributed by atoms with Gasteiger partial charge in [-0.25, -0.2) is 0 Å². The highest BCUT2D eigenvalue weighted by molar-refractivity contribution is 5.95. The van der Waals surface area contributed by atoms with E-state index in [0.29, 0.717) is 37.6 Å². The number of likely N-dealkylation sites (tertiary alicyclic amines) is 1. The molecule has 3 heterocycles. The monoisotopic (exact) mass is 426 g/mol. The van der Waals surface area contributed by atoms with Gasteiger partial charge in [-0.15, -0.1) is 0 Å². The Morgan fingerprint density at radius 1 is 1.23 bits per heavy atom. The number of anilines is 1. The van der Waals surface area contributed by atoms with Crippen LogP contribution in [0.25, 0.3) is 0 Å². The average Bonchev–Trinajstić information content (AvgIpc) is 3.34. The molecule has 1 atom stereocenters. The van der Waals surface area contributed by atoms with Crippen molar-refractivity contribution in [3.63, 3.8) is 0 Å². The number of nitro groups is 1. The first-order chi connectivity index (χ1) is 15.0. The Balaban J connectivity index is 1.44. The van der Waals surface area contributed by atoms with Crippen LogP contribution in [0.4, 0.5) is 11.4 Å². The van der Waals surface area contributed by atoms with Gasteiger partial charge in [0.25, 0.3) is 11.6 Å². The molecule has 9 heteroatoms. The lowest BCUT2D eigenvalue weighted by atomic mass is 9.95. The maximum absolute atomic E-state index is 13.0. The SMILES string of the molecule is CC(Nc1ccc(C(=O)N2CCC(C3OCCO3)CC2)cc1[N+](=O)[O-])c1ccccn1. The smallest absolute Gasteiger partial charge is 0.293 e. The molecular weight excluding hydrogens is 400 g/mol. The van der Waals surface area contributed by atoms with E-state index >= 15 is 0 Å². The lowest BCUT2D eigenvalue weighted by Crippen LogP contribution is -2.41. The second-order valence-corrected chi connectivity index (χ2v) is 7.85. The third kappa shape index (κ3) is 4.83. The number of hydrogen-bond donors (Lipinski definition) is 1. The molecule has 164 valence electrons. The molecule has 0 radical (unpaired) electrons. The predicted molar refractivity (Wildman–Crippen MR) is 114 cm³/mol. The summed E-state index contributed by atoms with van der Waals surface area (Å²) in [4.78, 5) is 30.2. The number of carbonyl (C=O) groups is 1. The van der Waals surface area contributed by atoms with Crippen LogP contribution in [0, 0.1) is 16.0 Å². The van der Waals surface area contributed by atoms with Gasteiger partial charge >= 0.3 is 0 Å². The zero-order chi connectivity index (χ0) is 21.8. The highest BCUT2D eigenvalue weighted by atomic mass is 16.7. The molecule has 1 N–H and O–H groups in total. The number of rotatable bonds is 6. The van der Waals surface area contributed by atoms with E-state index in [9.17, 15) is 14.9 Å². The zero-order valence-corrected chi connectivity index (χ0v) is 17.4. The highest BCUT2D eigenvalue weighted by Crippen LogP contribution is 2.31. The van der Waals surface area contributed by atoms with E-state index < -0.39 is 4.92 Å². The molecule has 2 saturated heterocycles. The minimum atomic E-state index is -0.467. The van der Waals surface area contributed by atoms with Gasteiger partial charge in [-0.1, -0.05) is 6.07 Å². The standard InChI is InChI=1S/C22H26N4O5/c1-15(18-4-2-3-9-23-18)24-19-6-5-17(14-20(19)26(28)29)21(27)25-10-7-16(8-11-25)22-30-12-13-31-22/h2-6,9,14-16,22,24H,7-8,10-13H2,1H3. The summed E-state index contributed by atoms with van der Waals surface area (Å²) in [5.41, 5.74) is 1.31. The first kappa shape index (κ1) is 21.2. The van der Waals surface area contributed by atoms with Crippen LogP contribution in [0.15, 0.2) is 42.6 Å². The summed E-state index contributed by atoms with van der Waals surface area (Å²) < 4.78 is 11.2. The largest absolute Gasteiger partial charge is 0.371 e. The minimum absolute atomic E-state index is 0.128. The van der Waals surface area contributed by atoms with Crippen molar-refractivity contribution >= 4 is 17.3 Å². The van der Waals surface area contributed by atoms with Crippen molar-refractivity contribution in [1.29, 1.82) is 0 Å². The molecular formula is C22H26N4O5. The Labute approximate surface area is 180 Å². The number of carbonyl (C=O) groups excluding carboxylic acids is 1. The topological polar surface area (TPSA) is 107 Å². The number of nitrogens with zero attached hydrogens (tertiary/aromatic N) is 3. The zero-order valence-electron chi connectivity index (χ0n) is 17.4. The Hall–Kier alpha value is -3.04. The van der Waals surface area contributed by atoms with Crippen LogP contribution in [0.3, 0.4) is 0 Å². The molecule has 2 fully saturated rings. The normalized spacial score (nSPS) is 18.7. The van der Waals surface area contributed by atoms with Gasteiger partial charge in [0.2, 0.25) is 0 Å². The van der Waals surface area contributed by atoms with Crippen molar-refractivity contribution in [2.24, 2.45) is 5.92 Å². The van der Waals surface area contributed by atoms with Gasteiger partial charge in [-0.2, -0.15) is 0 Å². The molecule has 2 aliphatic rings. The van der Waals surface area contributed by atoms with Crippen LogP contribution in [-0.4, -0.2) is 53.3 Å². The number of pyridine rings is 1. The molecule has 1 amide bonds. The van der Waals surface area contributed by atoms with E-state index in [1.54, 1.807) is 23.2 Å². The van der Waals surface area contributed by atoms with Gasteiger partial charge in [-0.05, 0) is 44.0 Å². The van der Waals surface area contributed by atoms with Crippen molar-refractivity contribution in [2.75, 3.05) is 31.6 Å². The third-order valence-electron chi connectivity index (χ3n) is 5.80. The number of hydrogen-bond acceptors (Lipinski definition) is 7. The Morgan fingerprint density at radius 2 is 1.97 bits per heavy atom. The number of benzene rings is 1. The Kier molecular flexibility index (Phi) is 6.43. The van der Waals surface area contributed by atoms with Crippen LogP contribution in [-0.2, 0) is 9.47 Å². The molecule has 1 aromatic carbocycles. The number of nitrogens with one attached hydrogen (secondary N) is 1. The van der Waals surface area contributed by atoms with Gasteiger partial charge in [0.05, 0.1) is 29.9 Å². The Bertz CT molecular complexity index is 925. The van der Waals surface area contributed by atoms with Crippen molar-refractivity contribution < 1.29 is 19.2 Å². The summed E-state index contributed by atoms with van der Waals surface area (Å²) in [7, 11) is 0. The fourth-order valence-corrected chi connectivity index (χ4v) is 4.08. The van der Waals surface area contributed by atoms with Gasteiger partial charge in [0.1, 0.15) is 5.69 Å². The molecule has 2 aromatic rings. The number of ether oxygens (including phenoxy) is 2. The number of nitro benzene ring substituents is 1. The minimum Gasteiger partial charge on any atom is -0.371 e. The van der Waals surface area contributed by atoms with Crippen LogP contribution < -0.4 is 5.32 Å². The second kappa shape index (κ2) is 9.40. The number of aromatic nitrogens is 1. The lowest BCUT2D eigenvalue weighted by molar-refractivity contribution is -0.384. The van der Waals surface area contributed by atoms with Gasteiger partial charge in [0.15, 0.2) is 6.29 Å². The maximum atomic E-state index is 13.0. The number of piperidine rings is 1. The summed E-state index contributed by atoms with van der Waals surface area (Å²) in [6, 6.07) is 9.90. The van der Waals surface area contributed by atoms with E-state index in [-0.39, 0.29) is 29.8 Å². The van der Waals surface area contributed by atoms with E-state index in [1.165, 1.54) is 6.07 Å². The quantitative estimate of drug-likeness (QED) is 0.557. The number of amides is 1. The fraction of sp³-hybridized carbons (Fsp3) is 0.455. The van der Waals surface area contributed by atoms with Crippen LogP contribution in [0.2, 0.25) is 0 Å². The first-order valence-corrected chi connectivity index (χ1v) is 10.5. The van der Waals surface area contributed by atoms with Gasteiger partial charge in [-0.3, -0.25) is 19.9 Å². The van der Waals surface area contributed by atoms with E-state index in [1.807, 2.05) is 25.1 Å². The molecule has 9 nitrogen and oxygen atoms in total. The second-order valence-electron chi connectivity index (χ2n) is 7.85. The fourth-order valence-electron chi connectivity index (χ4n) is 4.08. The molecule has 0 aliphatic carbocycles. The highest BCUT2D eigenvalue weighted by Gasteiger charge is 2.32. The average molecular weight is 426 g/mol. The lowest BCUT2D eigenvalue weighted by Gasteiger charge is -2.33. The summed E-state index contributed by atoms with van der Waals surface area (Å²) in [5, 5.41) is 14.8. The molecule has 2 aliphatic heterocycles. The molecule has 0 saturated carbocycles. The van der Waals surface area contributed by atoms with Crippen LogP contribution >= 0.6 is 0 Å². The van der Waals surface area contributed by atoms with Crippen molar-refractivity contribution in [2.45, 2.75) is 32.1 Å². The molecule has 1 unspecified atom stereocenters. The van der Waals surface area contributed by atoms with Gasteiger partial charge in [0, 0.05) is 36.8 Å². The summed E-state index contributed by atoms with van der Waals surface area (Å²) in [5.74, 6) is 0.0830. The van der Waals surface area contributed by atoms with Crippen molar-refractivity contribution in [1.82, 2.24) is 9.88 Å². The molecule has 0 spiro atoms.